The predicted octanol–water partition coefficient (Wildman–Crippen LogP) is 1.46. The molecule has 1 aromatic carbocycles. The lowest BCUT2D eigenvalue weighted by Crippen LogP contribution is -2.02. The molecule has 0 unspecified atom stereocenters. The van der Waals surface area contributed by atoms with Crippen LogP contribution in [0.2, 0.25) is 0 Å². The Morgan fingerprint density at radius 3 is 2.85 bits per heavy atom. The Balaban J connectivity index is 3.28. The molecule has 4 heteroatoms. The molecule has 1 rings (SSSR count). The van der Waals surface area contributed by atoms with E-state index >= 15 is 0 Å². The molecule has 0 aliphatic carbocycles. The summed E-state index contributed by atoms with van der Waals surface area (Å²) in [7, 11) is -4.16. The van der Waals surface area contributed by atoms with Crippen LogP contribution in [0.4, 0.5) is 0 Å². The minimum Gasteiger partial charge on any atom is -0.282 e. The maximum atomic E-state index is 10.8. The smallest absolute Gasteiger partial charge is 0.282 e. The maximum absolute atomic E-state index is 10.8. The molecule has 0 saturated carbocycles. The van der Waals surface area contributed by atoms with E-state index in [1.54, 1.807) is 18.2 Å². The first-order valence-corrected chi connectivity index (χ1v) is 5.07. The van der Waals surface area contributed by atoms with E-state index in [1.807, 2.05) is 0 Å². The predicted molar refractivity (Wildman–Crippen MR) is 49.0 cm³/mol. The van der Waals surface area contributed by atoms with Crippen molar-refractivity contribution >= 4 is 10.1 Å². The summed E-state index contributed by atoms with van der Waals surface area (Å²) >= 11 is 0. The van der Waals surface area contributed by atoms with Crippen molar-refractivity contribution in [3.63, 3.8) is 0 Å². The highest BCUT2D eigenvalue weighted by Crippen LogP contribution is 2.14. The quantitative estimate of drug-likeness (QED) is 0.589. The molecule has 0 aromatic heterocycles. The van der Waals surface area contributed by atoms with E-state index < -0.39 is 10.1 Å². The molecule has 0 saturated heterocycles. The zero-order valence-electron chi connectivity index (χ0n) is 6.90. The molecule has 1 aromatic rings. The van der Waals surface area contributed by atoms with Gasteiger partial charge in [0.15, 0.2) is 0 Å². The van der Waals surface area contributed by atoms with Crippen LogP contribution in [-0.2, 0) is 16.5 Å². The molecule has 0 atom stereocenters. The molecule has 0 heterocycles. The lowest BCUT2D eigenvalue weighted by Gasteiger charge is -2.02. The third-order valence-corrected chi connectivity index (χ3v) is 2.42. The molecule has 1 N–H and O–H groups in total. The highest BCUT2D eigenvalue weighted by molar-refractivity contribution is 7.85. The third kappa shape index (κ3) is 2.40. The van der Waals surface area contributed by atoms with Crippen LogP contribution >= 0.6 is 0 Å². The summed E-state index contributed by atoms with van der Waals surface area (Å²) in [5, 5.41) is 0. The van der Waals surface area contributed by atoms with Gasteiger partial charge in [0.05, 0.1) is 0 Å². The van der Waals surface area contributed by atoms with Gasteiger partial charge in [-0.15, -0.1) is 6.58 Å². The molecule has 13 heavy (non-hydrogen) atoms. The van der Waals surface area contributed by atoms with Crippen molar-refractivity contribution in [2.45, 2.75) is 11.3 Å². The van der Waals surface area contributed by atoms with Gasteiger partial charge >= 0.3 is 0 Å². The first kappa shape index (κ1) is 9.95. The van der Waals surface area contributed by atoms with Gasteiger partial charge in [-0.05, 0) is 12.0 Å². The van der Waals surface area contributed by atoms with Crippen LogP contribution < -0.4 is 0 Å². The second kappa shape index (κ2) is 3.72. The fraction of sp³-hybridized carbons (Fsp3) is 0.111. The molecule has 0 aliphatic heterocycles. The molecule has 3 nitrogen and oxygen atoms in total. The Bertz CT molecular complexity index is 407. The Morgan fingerprint density at radius 1 is 1.62 bits per heavy atom. The summed E-state index contributed by atoms with van der Waals surface area (Å²) in [5.74, 6) is 0. The van der Waals surface area contributed by atoms with Crippen LogP contribution in [0, 0.1) is 6.07 Å². The zero-order chi connectivity index (χ0) is 9.90. The molecule has 0 aliphatic rings. The number of hydrogen-bond donors (Lipinski definition) is 1. The molecule has 69 valence electrons. The van der Waals surface area contributed by atoms with Crippen LogP contribution in [0.15, 0.2) is 35.7 Å². The van der Waals surface area contributed by atoms with E-state index in [9.17, 15) is 8.42 Å². The minimum atomic E-state index is -4.16. The standard InChI is InChI=1S/C9H9O3S/c1-2-5-8-6-3-4-7-9(8)13(10,11)12/h2-4,6H,1,5H2,(H,10,11,12). The molecule has 0 amide bonds. The Labute approximate surface area is 77.5 Å². The summed E-state index contributed by atoms with van der Waals surface area (Å²) in [6, 6.07) is 7.19. The molecular formula is C9H9O3S. The fourth-order valence-corrected chi connectivity index (χ4v) is 1.71. The molecular weight excluding hydrogens is 188 g/mol. The third-order valence-electron chi connectivity index (χ3n) is 1.52. The monoisotopic (exact) mass is 197 g/mol. The lowest BCUT2D eigenvalue weighted by atomic mass is 10.1. The fourth-order valence-electron chi connectivity index (χ4n) is 1.01. The minimum absolute atomic E-state index is 0.171. The highest BCUT2D eigenvalue weighted by Gasteiger charge is 2.13. The van der Waals surface area contributed by atoms with E-state index in [0.717, 1.165) is 0 Å². The van der Waals surface area contributed by atoms with Crippen LogP contribution in [0.1, 0.15) is 5.56 Å². The van der Waals surface area contributed by atoms with E-state index in [0.29, 0.717) is 12.0 Å². The van der Waals surface area contributed by atoms with Crippen molar-refractivity contribution in [3.8, 4) is 0 Å². The van der Waals surface area contributed by atoms with Gasteiger partial charge in [0.1, 0.15) is 4.90 Å². The van der Waals surface area contributed by atoms with Gasteiger partial charge in [0.2, 0.25) is 0 Å². The molecule has 1 radical (unpaired) electrons. The summed E-state index contributed by atoms with van der Waals surface area (Å²) in [6.45, 7) is 3.49. The summed E-state index contributed by atoms with van der Waals surface area (Å²) in [5.41, 5.74) is 0.500. The summed E-state index contributed by atoms with van der Waals surface area (Å²) in [4.78, 5) is -0.171. The van der Waals surface area contributed by atoms with Gasteiger partial charge in [-0.3, -0.25) is 4.55 Å². The Hall–Kier alpha value is -1.13. The maximum Gasteiger partial charge on any atom is 0.295 e. The normalized spacial score (nSPS) is 11.2. The van der Waals surface area contributed by atoms with E-state index in [1.165, 1.54) is 6.07 Å². The molecule has 0 bridgehead atoms. The van der Waals surface area contributed by atoms with Gasteiger partial charge < -0.3 is 0 Å². The first-order chi connectivity index (χ1) is 6.05. The van der Waals surface area contributed by atoms with Crippen LogP contribution in [0.25, 0.3) is 0 Å². The second-order valence-corrected chi connectivity index (χ2v) is 3.85. The van der Waals surface area contributed by atoms with Crippen molar-refractivity contribution in [2.24, 2.45) is 0 Å². The number of hydrogen-bond acceptors (Lipinski definition) is 2. The average molecular weight is 197 g/mol. The number of allylic oxidation sites excluding steroid dienone is 1. The van der Waals surface area contributed by atoms with Gasteiger partial charge in [0.25, 0.3) is 10.1 Å². The van der Waals surface area contributed by atoms with Gasteiger partial charge in [-0.2, -0.15) is 8.42 Å². The Kier molecular flexibility index (Phi) is 2.85. The first-order valence-electron chi connectivity index (χ1n) is 3.63. The SMILES string of the molecule is C=CCc1ccc[c]c1S(=O)(=O)O. The topological polar surface area (TPSA) is 54.4 Å². The van der Waals surface area contributed by atoms with Crippen molar-refractivity contribution in [2.75, 3.05) is 0 Å². The van der Waals surface area contributed by atoms with Crippen LogP contribution in [0.5, 0.6) is 0 Å². The van der Waals surface area contributed by atoms with E-state index in [-0.39, 0.29) is 4.90 Å². The van der Waals surface area contributed by atoms with Gasteiger partial charge in [0, 0.05) is 6.07 Å². The van der Waals surface area contributed by atoms with Crippen molar-refractivity contribution in [1.29, 1.82) is 0 Å². The van der Waals surface area contributed by atoms with E-state index in [2.05, 4.69) is 12.6 Å². The van der Waals surface area contributed by atoms with Gasteiger partial charge in [-0.1, -0.05) is 24.3 Å². The lowest BCUT2D eigenvalue weighted by molar-refractivity contribution is 0.482. The number of rotatable bonds is 3. The number of benzene rings is 1. The zero-order valence-corrected chi connectivity index (χ0v) is 7.71. The average Bonchev–Trinajstić information content (AvgIpc) is 2.04. The van der Waals surface area contributed by atoms with E-state index in [4.69, 9.17) is 4.55 Å². The van der Waals surface area contributed by atoms with Crippen LogP contribution in [-0.4, -0.2) is 13.0 Å². The highest BCUT2D eigenvalue weighted by atomic mass is 32.2. The van der Waals surface area contributed by atoms with Crippen LogP contribution in [0.3, 0.4) is 0 Å². The summed E-state index contributed by atoms with van der Waals surface area (Å²) < 4.78 is 30.4. The largest absolute Gasteiger partial charge is 0.295 e. The Morgan fingerprint density at radius 2 is 2.31 bits per heavy atom. The van der Waals surface area contributed by atoms with Gasteiger partial charge in [-0.25, -0.2) is 0 Å². The second-order valence-electron chi connectivity index (χ2n) is 2.49. The van der Waals surface area contributed by atoms with Crippen molar-refractivity contribution < 1.29 is 13.0 Å². The molecule has 0 spiro atoms. The van der Waals surface area contributed by atoms with Crippen molar-refractivity contribution in [3.05, 3.63) is 42.5 Å². The summed E-state index contributed by atoms with van der Waals surface area (Å²) in [6.07, 6.45) is 1.96. The van der Waals surface area contributed by atoms with Crippen molar-refractivity contribution in [1.82, 2.24) is 0 Å². The molecule has 0 fully saturated rings.